The number of esters is 2. The number of unbranched alkanes of at least 4 members (excludes halogenated alkanes) is 7. The zero-order valence-corrected chi connectivity index (χ0v) is 39.5. The molecule has 0 aromatic carbocycles. The number of nitrogens with zero attached hydrogens (tertiary/aromatic N) is 1. The molecule has 1 rings (SSSR count). The van der Waals surface area contributed by atoms with Gasteiger partial charge in [0.15, 0.2) is 6.10 Å². The molecule has 356 valence electrons. The van der Waals surface area contributed by atoms with Crippen molar-refractivity contribution in [2.75, 3.05) is 47.5 Å². The SMILES string of the molecule is CC/C=C\C/C=C\C/C=C\C/C=C\CCCCCCC(=O)O[C@H](COC(=O)CCCCC(=O)C[C@@H]1[C@@H](/C=C/[C@@H](O)CCCCC)[C@H](O)C[C@@H]1O)COP(=O)([O-])OCC[N+](C)(C)C. The van der Waals surface area contributed by atoms with Gasteiger partial charge < -0.3 is 43.2 Å². The zero-order valence-electron chi connectivity index (χ0n) is 38.6. The third-order valence-electron chi connectivity index (χ3n) is 10.5. The van der Waals surface area contributed by atoms with Crippen LogP contribution in [0.3, 0.4) is 0 Å². The fraction of sp³-hybridized carbons (Fsp3) is 0.729. The molecule has 0 amide bonds. The Kier molecular flexibility index (Phi) is 32.0. The van der Waals surface area contributed by atoms with Crippen LogP contribution in [0.2, 0.25) is 0 Å². The van der Waals surface area contributed by atoms with Crippen LogP contribution in [0.5, 0.6) is 0 Å². The van der Waals surface area contributed by atoms with E-state index in [4.69, 9.17) is 18.5 Å². The van der Waals surface area contributed by atoms with Gasteiger partial charge in [0.1, 0.15) is 25.5 Å². The summed E-state index contributed by atoms with van der Waals surface area (Å²) in [6, 6.07) is 0. The van der Waals surface area contributed by atoms with Crippen LogP contribution in [0.1, 0.15) is 142 Å². The Labute approximate surface area is 373 Å². The molecule has 1 aliphatic rings. The maximum Gasteiger partial charge on any atom is 0.306 e. The van der Waals surface area contributed by atoms with Crippen molar-refractivity contribution in [3.05, 3.63) is 60.8 Å². The molecule has 0 radical (unpaired) electrons. The Morgan fingerprint density at radius 3 is 2.03 bits per heavy atom. The minimum absolute atomic E-state index is 0.0179. The smallest absolute Gasteiger partial charge is 0.306 e. The number of Topliss-reactive ketones (excluding diaryl/α,β-unsaturated/α-hetero) is 1. The minimum Gasteiger partial charge on any atom is -0.756 e. The standard InChI is InChI=1S/C48H82NO12P/c1-6-8-10-11-12-13-14-15-16-17-18-19-20-21-22-23-25-31-48(55)61-42(39-60-62(56,57)59-35-34-49(3,4)5)38-58-47(54)30-27-26-29-41(51)36-44-43(45(52)37-46(44)53)33-32-40(50)28-24-9-7-2/h8,10,12-13,15-16,18-19,32-33,40,42-46,50,52-53H,6-7,9,11,14,17,20-31,34-39H2,1-5H3/b10-8-,13-12-,16-15-,19-18-,33-32+/t40-,42+,43+,44+,45+,46-/m0/s1. The van der Waals surface area contributed by atoms with Crippen LogP contribution in [-0.4, -0.2) is 109 Å². The van der Waals surface area contributed by atoms with Crippen molar-refractivity contribution in [3.8, 4) is 0 Å². The normalized spacial score (nSPS) is 20.5. The van der Waals surface area contributed by atoms with Gasteiger partial charge >= 0.3 is 11.9 Å². The third kappa shape index (κ3) is 31.2. The van der Waals surface area contributed by atoms with Gasteiger partial charge in [0.25, 0.3) is 7.82 Å². The molecule has 13 nitrogen and oxygen atoms in total. The van der Waals surface area contributed by atoms with E-state index in [0.29, 0.717) is 36.7 Å². The van der Waals surface area contributed by atoms with Crippen molar-refractivity contribution in [2.45, 2.75) is 167 Å². The van der Waals surface area contributed by atoms with Crippen LogP contribution in [0.25, 0.3) is 0 Å². The number of phosphoric ester groups is 1. The average molecular weight is 896 g/mol. The highest BCUT2D eigenvalue weighted by molar-refractivity contribution is 7.45. The minimum atomic E-state index is -4.73. The van der Waals surface area contributed by atoms with Crippen LogP contribution in [0.4, 0.5) is 0 Å². The number of hydrogen-bond acceptors (Lipinski definition) is 12. The number of ketones is 1. The molecule has 0 aliphatic heterocycles. The van der Waals surface area contributed by atoms with Crippen molar-refractivity contribution in [1.82, 2.24) is 0 Å². The number of carbonyl (C=O) groups is 3. The summed E-state index contributed by atoms with van der Waals surface area (Å²) < 4.78 is 33.7. The molecule has 3 N–H and O–H groups in total. The summed E-state index contributed by atoms with van der Waals surface area (Å²) in [6.07, 6.45) is 30.2. The molecule has 1 aliphatic carbocycles. The van der Waals surface area contributed by atoms with E-state index in [1.165, 1.54) is 0 Å². The monoisotopic (exact) mass is 896 g/mol. The van der Waals surface area contributed by atoms with Crippen molar-refractivity contribution < 1.29 is 62.2 Å². The number of hydrogen-bond donors (Lipinski definition) is 3. The second-order valence-electron chi connectivity index (χ2n) is 17.3. The van der Waals surface area contributed by atoms with Gasteiger partial charge in [0.2, 0.25) is 0 Å². The summed E-state index contributed by atoms with van der Waals surface area (Å²) in [5.41, 5.74) is 0. The predicted molar refractivity (Wildman–Crippen MR) is 243 cm³/mol. The van der Waals surface area contributed by atoms with Gasteiger partial charge in [-0.05, 0) is 64.2 Å². The molecule has 0 saturated heterocycles. The molecule has 0 heterocycles. The van der Waals surface area contributed by atoms with E-state index in [1.54, 1.807) is 12.2 Å². The van der Waals surface area contributed by atoms with Crippen LogP contribution >= 0.6 is 7.82 Å². The van der Waals surface area contributed by atoms with Gasteiger partial charge in [0.05, 0.1) is 46.1 Å². The molecule has 14 heteroatoms. The number of carbonyl (C=O) groups excluding carboxylic acids is 3. The Morgan fingerprint density at radius 2 is 1.37 bits per heavy atom. The number of phosphoric acid groups is 1. The highest BCUT2D eigenvalue weighted by atomic mass is 31.2. The molecule has 62 heavy (non-hydrogen) atoms. The Bertz CT molecular complexity index is 1420. The quantitative estimate of drug-likeness (QED) is 0.0179. The lowest BCUT2D eigenvalue weighted by Crippen LogP contribution is -2.37. The lowest BCUT2D eigenvalue weighted by molar-refractivity contribution is -0.870. The summed E-state index contributed by atoms with van der Waals surface area (Å²) in [5.74, 6) is -2.16. The van der Waals surface area contributed by atoms with Crippen LogP contribution in [0.15, 0.2) is 60.8 Å². The van der Waals surface area contributed by atoms with Gasteiger partial charge in [-0.25, -0.2) is 0 Å². The van der Waals surface area contributed by atoms with Crippen LogP contribution in [-0.2, 0) is 37.5 Å². The molecule has 0 aromatic heterocycles. The Balaban J connectivity index is 2.52. The Morgan fingerprint density at radius 1 is 0.758 bits per heavy atom. The lowest BCUT2D eigenvalue weighted by Gasteiger charge is -2.28. The van der Waals surface area contributed by atoms with Crippen molar-refractivity contribution >= 4 is 25.5 Å². The Hall–Kier alpha value is -2.74. The largest absolute Gasteiger partial charge is 0.756 e. The molecule has 7 atom stereocenters. The molecule has 1 fully saturated rings. The zero-order chi connectivity index (χ0) is 46.1. The van der Waals surface area contributed by atoms with Gasteiger partial charge in [-0.1, -0.05) is 107 Å². The number of allylic oxidation sites excluding steroid dienone is 8. The summed E-state index contributed by atoms with van der Waals surface area (Å²) >= 11 is 0. The first-order chi connectivity index (χ1) is 29.6. The molecular weight excluding hydrogens is 813 g/mol. The van der Waals surface area contributed by atoms with Crippen LogP contribution < -0.4 is 4.89 Å². The van der Waals surface area contributed by atoms with E-state index in [1.807, 2.05) is 21.1 Å². The van der Waals surface area contributed by atoms with E-state index in [-0.39, 0.29) is 44.5 Å². The maximum atomic E-state index is 12.9. The summed E-state index contributed by atoms with van der Waals surface area (Å²) in [7, 11) is 0.935. The van der Waals surface area contributed by atoms with Gasteiger partial charge in [0, 0.05) is 43.9 Å². The fourth-order valence-electron chi connectivity index (χ4n) is 6.82. The van der Waals surface area contributed by atoms with E-state index in [0.717, 1.165) is 70.6 Å². The number of rotatable bonds is 37. The molecular formula is C48H82NO12P. The maximum absolute atomic E-state index is 12.9. The molecule has 1 unspecified atom stereocenters. The van der Waals surface area contributed by atoms with E-state index in [2.05, 4.69) is 62.5 Å². The number of quaternary nitrogens is 1. The molecule has 0 aromatic rings. The van der Waals surface area contributed by atoms with Crippen LogP contribution in [0, 0.1) is 11.8 Å². The summed E-state index contributed by atoms with van der Waals surface area (Å²) in [4.78, 5) is 50.7. The summed E-state index contributed by atoms with van der Waals surface area (Å²) in [5, 5.41) is 31.3. The topological polar surface area (TPSA) is 189 Å². The molecule has 1 saturated carbocycles. The van der Waals surface area contributed by atoms with Gasteiger partial charge in [-0.15, -0.1) is 0 Å². The van der Waals surface area contributed by atoms with Gasteiger partial charge in [-0.2, -0.15) is 0 Å². The molecule has 0 spiro atoms. The highest BCUT2D eigenvalue weighted by Crippen LogP contribution is 2.39. The first-order valence-electron chi connectivity index (χ1n) is 23.2. The predicted octanol–water partition coefficient (Wildman–Crippen LogP) is 8.17. The lowest BCUT2D eigenvalue weighted by atomic mass is 9.87. The first kappa shape index (κ1) is 57.3. The van der Waals surface area contributed by atoms with Gasteiger partial charge in [-0.3, -0.25) is 18.9 Å². The molecule has 0 bridgehead atoms. The second-order valence-corrected chi connectivity index (χ2v) is 18.8. The van der Waals surface area contributed by atoms with Crippen molar-refractivity contribution in [1.29, 1.82) is 0 Å². The van der Waals surface area contributed by atoms with E-state index < -0.39 is 69.2 Å². The summed E-state index contributed by atoms with van der Waals surface area (Å²) in [6.45, 7) is 3.53. The first-order valence-corrected chi connectivity index (χ1v) is 24.6. The number of aliphatic hydroxyl groups excluding tert-OH is 3. The number of ether oxygens (including phenoxy) is 2. The highest BCUT2D eigenvalue weighted by Gasteiger charge is 2.41. The average Bonchev–Trinajstić information content (AvgIpc) is 3.47. The number of likely N-dealkylation sites (N-methyl/N-ethyl adjacent to an activating group) is 1. The van der Waals surface area contributed by atoms with E-state index >= 15 is 0 Å². The third-order valence-corrected chi connectivity index (χ3v) is 11.5. The second kappa shape index (κ2) is 34.6. The van der Waals surface area contributed by atoms with Crippen molar-refractivity contribution in [2.24, 2.45) is 11.8 Å². The number of aliphatic hydroxyl groups is 3. The van der Waals surface area contributed by atoms with E-state index in [9.17, 15) is 39.2 Å². The fourth-order valence-corrected chi connectivity index (χ4v) is 7.55. The van der Waals surface area contributed by atoms with Crippen molar-refractivity contribution in [3.63, 3.8) is 0 Å².